The lowest BCUT2D eigenvalue weighted by molar-refractivity contribution is -0.133. The molecule has 134 valence electrons. The molecular weight excluding hydrogens is 316 g/mol. The first-order chi connectivity index (χ1) is 12.2. The Bertz CT molecular complexity index is 686. The second-order valence-electron chi connectivity index (χ2n) is 6.84. The zero-order chi connectivity index (χ0) is 17.6. The van der Waals surface area contributed by atoms with Crippen LogP contribution in [0.5, 0.6) is 5.75 Å². The number of rotatable bonds is 6. The van der Waals surface area contributed by atoms with Gasteiger partial charge in [0.1, 0.15) is 18.4 Å². The second kappa shape index (κ2) is 8.14. The van der Waals surface area contributed by atoms with Crippen molar-refractivity contribution in [1.82, 2.24) is 19.7 Å². The van der Waals surface area contributed by atoms with Crippen molar-refractivity contribution < 1.29 is 9.53 Å². The minimum atomic E-state index is 0.229. The van der Waals surface area contributed by atoms with Crippen LogP contribution in [0.25, 0.3) is 0 Å². The molecule has 2 aromatic rings. The Labute approximate surface area is 148 Å². The number of nitrogens with zero attached hydrogens (tertiary/aromatic N) is 4. The van der Waals surface area contributed by atoms with Crippen molar-refractivity contribution in [2.24, 2.45) is 5.92 Å². The third kappa shape index (κ3) is 4.38. The maximum Gasteiger partial charge on any atom is 0.222 e. The van der Waals surface area contributed by atoms with Crippen molar-refractivity contribution in [1.29, 1.82) is 0 Å². The van der Waals surface area contributed by atoms with E-state index < -0.39 is 0 Å². The molecule has 0 spiro atoms. The van der Waals surface area contributed by atoms with E-state index in [2.05, 4.69) is 23.1 Å². The molecule has 6 heteroatoms. The maximum atomic E-state index is 12.7. The highest BCUT2D eigenvalue weighted by molar-refractivity contribution is 5.76. The van der Waals surface area contributed by atoms with Crippen LogP contribution in [0, 0.1) is 5.92 Å². The zero-order valence-corrected chi connectivity index (χ0v) is 15.0. The summed E-state index contributed by atoms with van der Waals surface area (Å²) >= 11 is 0. The molecule has 3 rings (SSSR count). The van der Waals surface area contributed by atoms with Crippen LogP contribution in [0.3, 0.4) is 0 Å². The molecule has 2 unspecified atom stereocenters. The minimum absolute atomic E-state index is 0.229. The zero-order valence-electron chi connectivity index (χ0n) is 15.0. The number of ether oxygens (including phenoxy) is 1. The van der Waals surface area contributed by atoms with Gasteiger partial charge in [-0.25, -0.2) is 9.67 Å². The highest BCUT2D eigenvalue weighted by atomic mass is 16.5. The van der Waals surface area contributed by atoms with Crippen molar-refractivity contribution in [3.8, 4) is 5.75 Å². The number of piperidine rings is 1. The SMILES string of the molecule is COc1ccccc1CC(C)CC(=O)N1CCCC(n2cncn2)C1. The van der Waals surface area contributed by atoms with Gasteiger partial charge in [-0.05, 0) is 36.8 Å². The predicted molar refractivity (Wildman–Crippen MR) is 95.4 cm³/mol. The first kappa shape index (κ1) is 17.5. The molecule has 0 aliphatic carbocycles. The molecule has 0 radical (unpaired) electrons. The van der Waals surface area contributed by atoms with E-state index >= 15 is 0 Å². The lowest BCUT2D eigenvalue weighted by atomic mass is 9.96. The summed E-state index contributed by atoms with van der Waals surface area (Å²) in [6.07, 6.45) is 6.75. The topological polar surface area (TPSA) is 60.2 Å². The number of methoxy groups -OCH3 is 1. The highest BCUT2D eigenvalue weighted by Gasteiger charge is 2.26. The summed E-state index contributed by atoms with van der Waals surface area (Å²) in [6, 6.07) is 8.26. The smallest absolute Gasteiger partial charge is 0.222 e. The van der Waals surface area contributed by atoms with Gasteiger partial charge in [-0.15, -0.1) is 0 Å². The van der Waals surface area contributed by atoms with Crippen LogP contribution in [0.2, 0.25) is 0 Å². The minimum Gasteiger partial charge on any atom is -0.496 e. The molecule has 6 nitrogen and oxygen atoms in total. The summed E-state index contributed by atoms with van der Waals surface area (Å²) in [4.78, 5) is 18.7. The Kier molecular flexibility index (Phi) is 5.68. The van der Waals surface area contributed by atoms with Gasteiger partial charge in [0.05, 0.1) is 13.2 Å². The standard InChI is InChI=1S/C19H26N4O2/c1-15(10-16-6-3-4-8-18(16)25-2)11-19(24)22-9-5-7-17(12-22)23-14-20-13-21-23/h3-4,6,8,13-15,17H,5,7,9-12H2,1-2H3. The van der Waals surface area contributed by atoms with Gasteiger partial charge in [-0.1, -0.05) is 25.1 Å². The normalized spacial score (nSPS) is 18.8. The van der Waals surface area contributed by atoms with Gasteiger partial charge < -0.3 is 9.64 Å². The lowest BCUT2D eigenvalue weighted by Crippen LogP contribution is -2.41. The Balaban J connectivity index is 1.56. The van der Waals surface area contributed by atoms with Crippen LogP contribution in [-0.4, -0.2) is 45.8 Å². The molecule has 2 atom stereocenters. The number of hydrogen-bond donors (Lipinski definition) is 0. The van der Waals surface area contributed by atoms with E-state index in [4.69, 9.17) is 4.74 Å². The van der Waals surface area contributed by atoms with E-state index in [1.165, 1.54) is 0 Å². The van der Waals surface area contributed by atoms with Crippen LogP contribution in [0.1, 0.15) is 37.8 Å². The number of aromatic nitrogens is 3. The number of carbonyl (C=O) groups is 1. The fourth-order valence-corrected chi connectivity index (χ4v) is 3.55. The quantitative estimate of drug-likeness (QED) is 0.810. The molecule has 0 saturated carbocycles. The molecule has 1 saturated heterocycles. The number of para-hydroxylation sites is 1. The van der Waals surface area contributed by atoms with E-state index in [0.29, 0.717) is 6.42 Å². The van der Waals surface area contributed by atoms with E-state index in [-0.39, 0.29) is 17.9 Å². The molecule has 0 N–H and O–H groups in total. The van der Waals surface area contributed by atoms with E-state index in [9.17, 15) is 4.79 Å². The van der Waals surface area contributed by atoms with Gasteiger partial charge in [0.2, 0.25) is 5.91 Å². The maximum absolute atomic E-state index is 12.7. The number of carbonyl (C=O) groups excluding carboxylic acids is 1. The molecule has 1 aliphatic rings. The fraction of sp³-hybridized carbons (Fsp3) is 0.526. The fourth-order valence-electron chi connectivity index (χ4n) is 3.55. The molecule has 1 fully saturated rings. The predicted octanol–water partition coefficient (Wildman–Crippen LogP) is 2.72. The first-order valence-electron chi connectivity index (χ1n) is 8.91. The van der Waals surface area contributed by atoms with Crippen molar-refractivity contribution >= 4 is 5.91 Å². The Morgan fingerprint density at radius 1 is 1.40 bits per heavy atom. The molecule has 0 bridgehead atoms. The van der Waals surface area contributed by atoms with Crippen molar-refractivity contribution in [2.45, 2.75) is 38.6 Å². The van der Waals surface area contributed by atoms with Crippen LogP contribution in [-0.2, 0) is 11.2 Å². The highest BCUT2D eigenvalue weighted by Crippen LogP contribution is 2.24. The molecule has 1 aliphatic heterocycles. The van der Waals surface area contributed by atoms with Gasteiger partial charge in [-0.3, -0.25) is 4.79 Å². The molecule has 1 aromatic carbocycles. The lowest BCUT2D eigenvalue weighted by Gasteiger charge is -2.33. The summed E-state index contributed by atoms with van der Waals surface area (Å²) in [7, 11) is 1.69. The molecule has 25 heavy (non-hydrogen) atoms. The van der Waals surface area contributed by atoms with Crippen LogP contribution in [0.15, 0.2) is 36.9 Å². The molecular formula is C19H26N4O2. The molecule has 2 heterocycles. The van der Waals surface area contributed by atoms with E-state index in [1.807, 2.05) is 27.8 Å². The third-order valence-corrected chi connectivity index (χ3v) is 4.84. The molecule has 1 aromatic heterocycles. The third-order valence-electron chi connectivity index (χ3n) is 4.84. The van der Waals surface area contributed by atoms with Gasteiger partial charge in [0.15, 0.2) is 0 Å². The first-order valence-corrected chi connectivity index (χ1v) is 8.91. The van der Waals surface area contributed by atoms with Gasteiger partial charge in [0, 0.05) is 19.5 Å². The van der Waals surface area contributed by atoms with Crippen LogP contribution in [0.4, 0.5) is 0 Å². The summed E-state index contributed by atoms with van der Waals surface area (Å²) in [5.74, 6) is 1.40. The molecule has 1 amide bonds. The van der Waals surface area contributed by atoms with Crippen molar-refractivity contribution in [3.63, 3.8) is 0 Å². The summed E-state index contributed by atoms with van der Waals surface area (Å²) in [5, 5.41) is 4.22. The van der Waals surface area contributed by atoms with E-state index in [1.54, 1.807) is 19.8 Å². The van der Waals surface area contributed by atoms with Gasteiger partial charge >= 0.3 is 0 Å². The summed E-state index contributed by atoms with van der Waals surface area (Å²) in [6.45, 7) is 3.69. The number of amides is 1. The Morgan fingerprint density at radius 2 is 2.24 bits per heavy atom. The number of likely N-dealkylation sites (tertiary alicyclic amines) is 1. The Morgan fingerprint density at radius 3 is 3.00 bits per heavy atom. The Hall–Kier alpha value is -2.37. The second-order valence-corrected chi connectivity index (χ2v) is 6.84. The van der Waals surface area contributed by atoms with E-state index in [0.717, 1.165) is 43.7 Å². The average Bonchev–Trinajstić information content (AvgIpc) is 3.17. The number of hydrogen-bond acceptors (Lipinski definition) is 4. The summed E-state index contributed by atoms with van der Waals surface area (Å²) < 4.78 is 7.28. The summed E-state index contributed by atoms with van der Waals surface area (Å²) in [5.41, 5.74) is 1.16. The number of benzene rings is 1. The largest absolute Gasteiger partial charge is 0.496 e. The van der Waals surface area contributed by atoms with Gasteiger partial charge in [-0.2, -0.15) is 5.10 Å². The van der Waals surface area contributed by atoms with Crippen molar-refractivity contribution in [2.75, 3.05) is 20.2 Å². The van der Waals surface area contributed by atoms with Gasteiger partial charge in [0.25, 0.3) is 0 Å². The van der Waals surface area contributed by atoms with Crippen LogP contribution < -0.4 is 4.74 Å². The van der Waals surface area contributed by atoms with Crippen molar-refractivity contribution in [3.05, 3.63) is 42.5 Å². The average molecular weight is 342 g/mol. The van der Waals surface area contributed by atoms with Crippen LogP contribution >= 0.6 is 0 Å². The monoisotopic (exact) mass is 342 g/mol.